The highest BCUT2D eigenvalue weighted by atomic mass is 19.4. The molecule has 1 aliphatic rings. The molecule has 0 fully saturated rings. The fourth-order valence-corrected chi connectivity index (χ4v) is 1.27. The van der Waals surface area contributed by atoms with Crippen molar-refractivity contribution in [2.75, 3.05) is 0 Å². The van der Waals surface area contributed by atoms with Crippen molar-refractivity contribution in [3.05, 3.63) is 41.3 Å². The van der Waals surface area contributed by atoms with Gasteiger partial charge in [-0.3, -0.25) is 5.41 Å². The Bertz CT molecular complexity index is 614. The standard InChI is InChI=1S/C10H7F3N6/c11-10(12,13)5-2-1-3-6(4-5)16-17-7-8(14)18-19-9(7)15/h1-4,14H,15H2/b14-8?,17-16+. The third kappa shape index (κ3) is 2.81. The Morgan fingerprint density at radius 1 is 1.16 bits per heavy atom. The van der Waals surface area contributed by atoms with E-state index in [0.717, 1.165) is 12.1 Å². The summed E-state index contributed by atoms with van der Waals surface area (Å²) in [5, 5.41) is 21.2. The Morgan fingerprint density at radius 3 is 2.47 bits per heavy atom. The van der Waals surface area contributed by atoms with Gasteiger partial charge in [-0.15, -0.1) is 15.3 Å². The minimum atomic E-state index is -4.45. The Kier molecular flexibility index (Phi) is 3.11. The first-order valence-electron chi connectivity index (χ1n) is 4.97. The average Bonchev–Trinajstić information content (AvgIpc) is 2.66. The molecule has 0 unspecified atom stereocenters. The van der Waals surface area contributed by atoms with Crippen LogP contribution in [0.5, 0.6) is 0 Å². The molecule has 1 aromatic rings. The van der Waals surface area contributed by atoms with Crippen molar-refractivity contribution < 1.29 is 13.2 Å². The van der Waals surface area contributed by atoms with Crippen LogP contribution in [-0.2, 0) is 6.18 Å². The summed E-state index contributed by atoms with van der Waals surface area (Å²) < 4.78 is 37.4. The van der Waals surface area contributed by atoms with Gasteiger partial charge < -0.3 is 5.73 Å². The molecule has 0 aromatic heterocycles. The summed E-state index contributed by atoms with van der Waals surface area (Å²) in [6.45, 7) is 0. The highest BCUT2D eigenvalue weighted by Crippen LogP contribution is 2.31. The van der Waals surface area contributed by atoms with Crippen molar-refractivity contribution in [3.63, 3.8) is 0 Å². The monoisotopic (exact) mass is 268 g/mol. The maximum Gasteiger partial charge on any atom is 0.416 e. The van der Waals surface area contributed by atoms with Crippen LogP contribution in [-0.4, -0.2) is 5.84 Å². The molecule has 0 saturated heterocycles. The van der Waals surface area contributed by atoms with Gasteiger partial charge in [-0.05, 0) is 18.2 Å². The minimum Gasteiger partial charge on any atom is -0.380 e. The molecule has 0 saturated carbocycles. The van der Waals surface area contributed by atoms with Crippen LogP contribution in [0.4, 0.5) is 18.9 Å². The van der Waals surface area contributed by atoms with Crippen molar-refractivity contribution in [1.29, 1.82) is 5.41 Å². The molecule has 19 heavy (non-hydrogen) atoms. The first kappa shape index (κ1) is 12.9. The summed E-state index contributed by atoms with van der Waals surface area (Å²) in [4.78, 5) is 0. The highest BCUT2D eigenvalue weighted by molar-refractivity contribution is 5.97. The molecule has 3 N–H and O–H groups in total. The van der Waals surface area contributed by atoms with Crippen molar-refractivity contribution in [3.8, 4) is 0 Å². The van der Waals surface area contributed by atoms with Crippen LogP contribution in [0.1, 0.15) is 5.56 Å². The van der Waals surface area contributed by atoms with Crippen molar-refractivity contribution in [2.45, 2.75) is 6.18 Å². The Balaban J connectivity index is 2.26. The second kappa shape index (κ2) is 4.59. The molecule has 98 valence electrons. The molecule has 0 bridgehead atoms. The quantitative estimate of drug-likeness (QED) is 0.789. The predicted molar refractivity (Wildman–Crippen MR) is 59.8 cm³/mol. The SMILES string of the molecule is N=C1N=NC(N)=C1/N=N/c1cccc(C(F)(F)F)c1. The molecule has 6 nitrogen and oxygen atoms in total. The lowest BCUT2D eigenvalue weighted by molar-refractivity contribution is -0.137. The fraction of sp³-hybridized carbons (Fsp3) is 0.100. The minimum absolute atomic E-state index is 0.00479. The lowest BCUT2D eigenvalue weighted by Gasteiger charge is -2.05. The van der Waals surface area contributed by atoms with Crippen molar-refractivity contribution in [2.24, 2.45) is 26.2 Å². The molecule has 0 radical (unpaired) electrons. The van der Waals surface area contributed by atoms with E-state index in [-0.39, 0.29) is 23.0 Å². The van der Waals surface area contributed by atoms with E-state index in [1.807, 2.05) is 0 Å². The second-order valence-electron chi connectivity index (χ2n) is 3.53. The number of nitrogens with two attached hydrogens (primary N) is 1. The number of amidine groups is 1. The molecule has 0 amide bonds. The number of nitrogens with one attached hydrogen (secondary N) is 1. The zero-order valence-corrected chi connectivity index (χ0v) is 9.31. The van der Waals surface area contributed by atoms with Gasteiger partial charge in [0.1, 0.15) is 0 Å². The summed E-state index contributed by atoms with van der Waals surface area (Å²) in [5.74, 6) is -0.381. The van der Waals surface area contributed by atoms with Crippen LogP contribution in [0.2, 0.25) is 0 Å². The first-order valence-corrected chi connectivity index (χ1v) is 4.97. The predicted octanol–water partition coefficient (Wildman–Crippen LogP) is 3.36. The van der Waals surface area contributed by atoms with Gasteiger partial charge in [-0.25, -0.2) is 0 Å². The van der Waals surface area contributed by atoms with Crippen LogP contribution >= 0.6 is 0 Å². The van der Waals surface area contributed by atoms with Gasteiger partial charge in [0.05, 0.1) is 11.3 Å². The number of benzene rings is 1. The van der Waals surface area contributed by atoms with Gasteiger partial charge in [0, 0.05) is 0 Å². The smallest absolute Gasteiger partial charge is 0.380 e. The Hall–Kier alpha value is -2.58. The number of azo groups is 2. The maximum absolute atomic E-state index is 12.5. The first-order chi connectivity index (χ1) is 8.88. The van der Waals surface area contributed by atoms with Crippen LogP contribution in [0, 0.1) is 5.41 Å². The number of hydrogen-bond acceptors (Lipinski definition) is 5. The van der Waals surface area contributed by atoms with E-state index in [0.29, 0.717) is 0 Å². The van der Waals surface area contributed by atoms with Gasteiger partial charge in [0.15, 0.2) is 17.4 Å². The molecular weight excluding hydrogens is 261 g/mol. The molecular formula is C10H7F3N6. The molecule has 9 heteroatoms. The summed E-state index contributed by atoms with van der Waals surface area (Å²) in [6.07, 6.45) is -4.45. The zero-order chi connectivity index (χ0) is 14.0. The van der Waals surface area contributed by atoms with E-state index in [2.05, 4.69) is 20.5 Å². The van der Waals surface area contributed by atoms with Gasteiger partial charge >= 0.3 is 6.18 Å². The summed E-state index contributed by atoms with van der Waals surface area (Å²) in [5.41, 5.74) is 4.47. The van der Waals surface area contributed by atoms with Crippen LogP contribution in [0.3, 0.4) is 0 Å². The van der Waals surface area contributed by atoms with Crippen LogP contribution in [0.15, 0.2) is 56.2 Å². The molecule has 0 aliphatic carbocycles. The van der Waals surface area contributed by atoms with E-state index in [1.165, 1.54) is 12.1 Å². The zero-order valence-electron chi connectivity index (χ0n) is 9.31. The van der Waals surface area contributed by atoms with E-state index < -0.39 is 11.7 Å². The van der Waals surface area contributed by atoms with Crippen LogP contribution < -0.4 is 5.73 Å². The van der Waals surface area contributed by atoms with Gasteiger partial charge in [0.2, 0.25) is 0 Å². The maximum atomic E-state index is 12.5. The molecule has 1 heterocycles. The van der Waals surface area contributed by atoms with Gasteiger partial charge in [-0.1, -0.05) is 6.07 Å². The van der Waals surface area contributed by atoms with E-state index in [9.17, 15) is 13.2 Å². The number of rotatable bonds is 2. The third-order valence-electron chi connectivity index (χ3n) is 2.16. The summed E-state index contributed by atoms with van der Waals surface area (Å²) in [6, 6.07) is 4.33. The summed E-state index contributed by atoms with van der Waals surface area (Å²) in [7, 11) is 0. The molecule has 0 spiro atoms. The van der Waals surface area contributed by atoms with Crippen molar-refractivity contribution in [1.82, 2.24) is 0 Å². The Labute approximate surface area is 105 Å². The number of hydrogen-bond donors (Lipinski definition) is 2. The fourth-order valence-electron chi connectivity index (χ4n) is 1.27. The largest absolute Gasteiger partial charge is 0.416 e. The van der Waals surface area contributed by atoms with Gasteiger partial charge in [-0.2, -0.15) is 18.3 Å². The van der Waals surface area contributed by atoms with E-state index in [1.54, 1.807) is 0 Å². The van der Waals surface area contributed by atoms with Gasteiger partial charge in [0.25, 0.3) is 0 Å². The van der Waals surface area contributed by atoms with E-state index in [4.69, 9.17) is 11.1 Å². The van der Waals surface area contributed by atoms with Crippen molar-refractivity contribution >= 4 is 11.5 Å². The molecule has 1 aromatic carbocycles. The summed E-state index contributed by atoms with van der Waals surface area (Å²) >= 11 is 0. The topological polar surface area (TPSA) is 99.3 Å². The lowest BCUT2D eigenvalue weighted by Crippen LogP contribution is -2.03. The molecule has 2 rings (SSSR count). The highest BCUT2D eigenvalue weighted by Gasteiger charge is 2.30. The second-order valence-corrected chi connectivity index (χ2v) is 3.53. The Morgan fingerprint density at radius 2 is 1.89 bits per heavy atom. The normalized spacial score (nSPS) is 15.8. The number of nitrogens with zero attached hydrogens (tertiary/aromatic N) is 4. The van der Waals surface area contributed by atoms with Crippen LogP contribution in [0.25, 0.3) is 0 Å². The lowest BCUT2D eigenvalue weighted by atomic mass is 10.2. The third-order valence-corrected chi connectivity index (χ3v) is 2.16. The molecule has 1 aliphatic heterocycles. The van der Waals surface area contributed by atoms with E-state index >= 15 is 0 Å². The number of alkyl halides is 3. The average molecular weight is 268 g/mol. The molecule has 0 atom stereocenters. The number of halogens is 3.